The van der Waals surface area contributed by atoms with Crippen LogP contribution in [-0.2, 0) is 12.8 Å². The maximum absolute atomic E-state index is 5.87. The molecule has 4 rings (SSSR count). The fourth-order valence-electron chi connectivity index (χ4n) is 2.75. The lowest BCUT2D eigenvalue weighted by Gasteiger charge is -2.07. The summed E-state index contributed by atoms with van der Waals surface area (Å²) in [5.74, 6) is 3.15. The highest BCUT2D eigenvalue weighted by molar-refractivity contribution is 7.98. The molecule has 0 unspecified atom stereocenters. The Morgan fingerprint density at radius 1 is 1.07 bits per heavy atom. The maximum atomic E-state index is 5.87. The summed E-state index contributed by atoms with van der Waals surface area (Å²) in [6.45, 7) is 3.93. The Morgan fingerprint density at radius 3 is 2.59 bits per heavy atom. The molecule has 1 aromatic carbocycles. The molecule has 0 radical (unpaired) electrons. The number of nitrogens with zero attached hydrogens (tertiary/aromatic N) is 6. The van der Waals surface area contributed by atoms with E-state index < -0.39 is 0 Å². The molecule has 0 aliphatic carbocycles. The van der Waals surface area contributed by atoms with Gasteiger partial charge in [0.2, 0.25) is 11.9 Å². The van der Waals surface area contributed by atoms with Gasteiger partial charge in [0.05, 0.1) is 17.6 Å². The fourth-order valence-corrected chi connectivity index (χ4v) is 3.51. The van der Waals surface area contributed by atoms with E-state index in [1.807, 2.05) is 55.8 Å². The minimum Gasteiger partial charge on any atom is -0.469 e. The van der Waals surface area contributed by atoms with Gasteiger partial charge in [-0.15, -0.1) is 10.2 Å². The van der Waals surface area contributed by atoms with Gasteiger partial charge < -0.3 is 20.0 Å². The van der Waals surface area contributed by atoms with E-state index >= 15 is 0 Å². The van der Waals surface area contributed by atoms with Crippen molar-refractivity contribution in [2.24, 2.45) is 7.05 Å². The molecule has 0 amide bonds. The Bertz CT molecular complexity index is 1140. The average Bonchev–Trinajstić information content (AvgIpc) is 3.26. The predicted molar refractivity (Wildman–Crippen MR) is 112 cm³/mol. The molecule has 0 saturated heterocycles. The standard InChI is InChI=1S/C19H20N8OS/c1-11-4-6-13(7-5-11)21-18-23-15(22-17(20)24-18)10-29-19-26-25-16(27(19)3)14-8-9-28-12(14)2/h4-9H,10H2,1-3H3,(H3,20,21,22,23,24). The molecule has 0 spiro atoms. The van der Waals surface area contributed by atoms with E-state index in [0.717, 1.165) is 28.0 Å². The van der Waals surface area contributed by atoms with Crippen LogP contribution in [0.1, 0.15) is 17.1 Å². The van der Waals surface area contributed by atoms with Gasteiger partial charge in [0.25, 0.3) is 0 Å². The number of hydrogen-bond donors (Lipinski definition) is 2. The van der Waals surface area contributed by atoms with Gasteiger partial charge in [-0.1, -0.05) is 29.5 Å². The Labute approximate surface area is 171 Å². The molecular formula is C19H20N8OS. The van der Waals surface area contributed by atoms with Crippen LogP contribution in [-0.4, -0.2) is 29.7 Å². The van der Waals surface area contributed by atoms with Gasteiger partial charge in [-0.05, 0) is 32.0 Å². The van der Waals surface area contributed by atoms with Gasteiger partial charge in [0.1, 0.15) is 11.6 Å². The summed E-state index contributed by atoms with van der Waals surface area (Å²) in [5.41, 5.74) is 8.84. The number of aryl methyl sites for hydroxylation is 2. The first kappa shape index (κ1) is 18.9. The fraction of sp³-hybridized carbons (Fsp3) is 0.211. The molecule has 3 aromatic heterocycles. The minimum absolute atomic E-state index is 0.165. The molecule has 0 bridgehead atoms. The average molecular weight is 408 g/mol. The van der Waals surface area contributed by atoms with Crippen LogP contribution < -0.4 is 11.1 Å². The maximum Gasteiger partial charge on any atom is 0.232 e. The van der Waals surface area contributed by atoms with Crippen LogP contribution in [0.15, 0.2) is 46.2 Å². The highest BCUT2D eigenvalue weighted by Crippen LogP contribution is 2.27. The third-order valence-corrected chi connectivity index (χ3v) is 5.29. The van der Waals surface area contributed by atoms with Crippen LogP contribution in [0.3, 0.4) is 0 Å². The molecular weight excluding hydrogens is 388 g/mol. The number of nitrogen functional groups attached to an aromatic ring is 1. The second kappa shape index (κ2) is 7.92. The van der Waals surface area contributed by atoms with Gasteiger partial charge in [0.15, 0.2) is 11.0 Å². The van der Waals surface area contributed by atoms with Crippen molar-refractivity contribution in [1.82, 2.24) is 29.7 Å². The molecule has 0 aliphatic rings. The number of nitrogens with one attached hydrogen (secondary N) is 1. The second-order valence-electron chi connectivity index (χ2n) is 6.47. The zero-order valence-corrected chi connectivity index (χ0v) is 17.1. The van der Waals surface area contributed by atoms with Crippen LogP contribution in [0, 0.1) is 13.8 Å². The number of anilines is 3. The van der Waals surface area contributed by atoms with Crippen molar-refractivity contribution in [2.75, 3.05) is 11.1 Å². The van der Waals surface area contributed by atoms with Crippen molar-refractivity contribution in [3.63, 3.8) is 0 Å². The second-order valence-corrected chi connectivity index (χ2v) is 7.41. The number of benzene rings is 1. The van der Waals surface area contributed by atoms with Crippen molar-refractivity contribution in [3.05, 3.63) is 53.7 Å². The molecule has 10 heteroatoms. The summed E-state index contributed by atoms with van der Waals surface area (Å²) in [6.07, 6.45) is 1.64. The number of furan rings is 1. The minimum atomic E-state index is 0.165. The van der Waals surface area contributed by atoms with E-state index in [9.17, 15) is 0 Å². The predicted octanol–water partition coefficient (Wildman–Crippen LogP) is 3.50. The van der Waals surface area contributed by atoms with E-state index in [1.54, 1.807) is 6.26 Å². The van der Waals surface area contributed by atoms with Gasteiger partial charge in [-0.2, -0.15) is 15.0 Å². The Morgan fingerprint density at radius 2 is 1.86 bits per heavy atom. The molecule has 3 heterocycles. The van der Waals surface area contributed by atoms with Crippen LogP contribution in [0.2, 0.25) is 0 Å². The third-order valence-electron chi connectivity index (χ3n) is 4.27. The normalized spacial score (nSPS) is 11.0. The van der Waals surface area contributed by atoms with E-state index in [-0.39, 0.29) is 5.95 Å². The summed E-state index contributed by atoms with van der Waals surface area (Å²) in [7, 11) is 1.91. The van der Waals surface area contributed by atoms with Gasteiger partial charge in [-0.25, -0.2) is 0 Å². The summed E-state index contributed by atoms with van der Waals surface area (Å²) < 4.78 is 7.27. The topological polar surface area (TPSA) is 121 Å². The van der Waals surface area contributed by atoms with Crippen LogP contribution >= 0.6 is 11.8 Å². The number of nitrogens with two attached hydrogens (primary N) is 1. The monoisotopic (exact) mass is 408 g/mol. The molecule has 0 fully saturated rings. The lowest BCUT2D eigenvalue weighted by atomic mass is 10.2. The summed E-state index contributed by atoms with van der Waals surface area (Å²) in [6, 6.07) is 9.82. The summed E-state index contributed by atoms with van der Waals surface area (Å²) in [5, 5.41) is 12.4. The molecule has 3 N–H and O–H groups in total. The third kappa shape index (κ3) is 4.21. The van der Waals surface area contributed by atoms with E-state index in [4.69, 9.17) is 10.2 Å². The van der Waals surface area contributed by atoms with Crippen molar-refractivity contribution in [1.29, 1.82) is 0 Å². The Kier molecular flexibility index (Phi) is 5.17. The number of thioether (sulfide) groups is 1. The highest BCUT2D eigenvalue weighted by atomic mass is 32.2. The van der Waals surface area contributed by atoms with Gasteiger partial charge in [0, 0.05) is 12.7 Å². The van der Waals surface area contributed by atoms with E-state index in [2.05, 4.69) is 30.5 Å². The van der Waals surface area contributed by atoms with Crippen molar-refractivity contribution in [2.45, 2.75) is 24.8 Å². The molecule has 0 saturated carbocycles. The zero-order chi connectivity index (χ0) is 20.4. The molecule has 4 aromatic rings. The number of rotatable bonds is 6. The summed E-state index contributed by atoms with van der Waals surface area (Å²) in [4.78, 5) is 12.9. The van der Waals surface area contributed by atoms with E-state index in [0.29, 0.717) is 17.5 Å². The number of aromatic nitrogens is 6. The summed E-state index contributed by atoms with van der Waals surface area (Å²) >= 11 is 1.47. The van der Waals surface area contributed by atoms with Gasteiger partial charge >= 0.3 is 0 Å². The van der Waals surface area contributed by atoms with E-state index in [1.165, 1.54) is 17.3 Å². The molecule has 0 atom stereocenters. The first-order valence-corrected chi connectivity index (χ1v) is 9.89. The Balaban J connectivity index is 1.49. The van der Waals surface area contributed by atoms with Crippen LogP contribution in [0.4, 0.5) is 17.6 Å². The van der Waals surface area contributed by atoms with Crippen LogP contribution in [0.5, 0.6) is 0 Å². The first-order chi connectivity index (χ1) is 14.0. The van der Waals surface area contributed by atoms with Crippen LogP contribution in [0.25, 0.3) is 11.4 Å². The van der Waals surface area contributed by atoms with Crippen molar-refractivity contribution in [3.8, 4) is 11.4 Å². The largest absolute Gasteiger partial charge is 0.469 e. The van der Waals surface area contributed by atoms with Crippen molar-refractivity contribution >= 4 is 29.3 Å². The Hall–Kier alpha value is -3.40. The number of hydrogen-bond acceptors (Lipinski definition) is 9. The molecule has 9 nitrogen and oxygen atoms in total. The highest BCUT2D eigenvalue weighted by Gasteiger charge is 2.15. The molecule has 148 valence electrons. The lowest BCUT2D eigenvalue weighted by Crippen LogP contribution is -2.06. The molecule has 0 aliphatic heterocycles. The smallest absolute Gasteiger partial charge is 0.232 e. The first-order valence-electron chi connectivity index (χ1n) is 8.90. The quantitative estimate of drug-likeness (QED) is 0.462. The van der Waals surface area contributed by atoms with Crippen molar-refractivity contribution < 1.29 is 4.42 Å². The zero-order valence-electron chi connectivity index (χ0n) is 16.2. The lowest BCUT2D eigenvalue weighted by molar-refractivity contribution is 0.534. The van der Waals surface area contributed by atoms with Gasteiger partial charge in [-0.3, -0.25) is 0 Å². The SMILES string of the molecule is Cc1ccc(Nc2nc(N)nc(CSc3nnc(-c4ccoc4C)n3C)n2)cc1. The molecule has 29 heavy (non-hydrogen) atoms.